The van der Waals surface area contributed by atoms with E-state index in [-0.39, 0.29) is 11.9 Å². The van der Waals surface area contributed by atoms with Crippen LogP contribution in [0.4, 0.5) is 0 Å². The summed E-state index contributed by atoms with van der Waals surface area (Å²) < 4.78 is 17.1. The molecule has 0 bridgehead atoms. The van der Waals surface area contributed by atoms with E-state index in [9.17, 15) is 4.79 Å². The molecule has 5 nitrogen and oxygen atoms in total. The Labute approximate surface area is 167 Å². The fraction of sp³-hybridized carbons (Fsp3) is 0.435. The molecule has 0 spiro atoms. The first-order chi connectivity index (χ1) is 13.6. The van der Waals surface area contributed by atoms with Crippen LogP contribution in [0.5, 0.6) is 17.2 Å². The molecule has 1 N–H and O–H groups in total. The maximum Gasteiger partial charge on any atom is 0.261 e. The zero-order chi connectivity index (χ0) is 19.9. The molecule has 1 aliphatic carbocycles. The van der Waals surface area contributed by atoms with Gasteiger partial charge in [0.25, 0.3) is 5.91 Å². The largest absolute Gasteiger partial charge is 0.493 e. The van der Waals surface area contributed by atoms with E-state index in [0.717, 1.165) is 18.6 Å². The highest BCUT2D eigenvalue weighted by molar-refractivity contribution is 5.81. The van der Waals surface area contributed by atoms with Gasteiger partial charge in [0, 0.05) is 0 Å². The van der Waals surface area contributed by atoms with Crippen LogP contribution in [-0.4, -0.2) is 31.8 Å². The first-order valence-electron chi connectivity index (χ1n) is 9.92. The van der Waals surface area contributed by atoms with Gasteiger partial charge in [-0.1, -0.05) is 24.3 Å². The first kappa shape index (κ1) is 20.1. The molecule has 0 aliphatic heterocycles. The van der Waals surface area contributed by atoms with Crippen molar-refractivity contribution in [3.63, 3.8) is 0 Å². The molecule has 1 aliphatic rings. The van der Waals surface area contributed by atoms with E-state index in [1.165, 1.54) is 24.0 Å². The van der Waals surface area contributed by atoms with Crippen molar-refractivity contribution in [2.24, 2.45) is 0 Å². The van der Waals surface area contributed by atoms with E-state index in [1.54, 1.807) is 14.0 Å². The average molecular weight is 383 g/mol. The number of rotatable bonds is 8. The van der Waals surface area contributed by atoms with Crippen molar-refractivity contribution in [1.82, 2.24) is 5.32 Å². The number of para-hydroxylation sites is 2. The van der Waals surface area contributed by atoms with Gasteiger partial charge in [0.2, 0.25) is 0 Å². The molecule has 2 aromatic carbocycles. The van der Waals surface area contributed by atoms with Crippen LogP contribution in [0.2, 0.25) is 0 Å². The summed E-state index contributed by atoms with van der Waals surface area (Å²) in [5.41, 5.74) is 2.59. The summed E-state index contributed by atoms with van der Waals surface area (Å²) in [6, 6.07) is 13.4. The minimum atomic E-state index is -0.567. The highest BCUT2D eigenvalue weighted by Gasteiger charge is 2.20. The zero-order valence-corrected chi connectivity index (χ0v) is 16.9. The van der Waals surface area contributed by atoms with Crippen molar-refractivity contribution in [3.8, 4) is 17.2 Å². The van der Waals surface area contributed by atoms with Gasteiger partial charge in [0.05, 0.1) is 13.2 Å². The molecule has 0 saturated heterocycles. The van der Waals surface area contributed by atoms with Crippen molar-refractivity contribution >= 4 is 5.91 Å². The summed E-state index contributed by atoms with van der Waals surface area (Å²) in [5.74, 6) is 2.01. The first-order valence-corrected chi connectivity index (χ1v) is 9.92. The average Bonchev–Trinajstić information content (AvgIpc) is 2.72. The lowest BCUT2D eigenvalue weighted by atomic mass is 9.91. The topological polar surface area (TPSA) is 56.8 Å². The molecule has 0 aromatic heterocycles. The van der Waals surface area contributed by atoms with Crippen LogP contribution in [0.15, 0.2) is 42.5 Å². The van der Waals surface area contributed by atoms with E-state index >= 15 is 0 Å². The van der Waals surface area contributed by atoms with Crippen LogP contribution < -0.4 is 19.5 Å². The molecule has 3 rings (SSSR count). The predicted octanol–water partition coefficient (Wildman–Crippen LogP) is 3.93. The van der Waals surface area contributed by atoms with Gasteiger partial charge in [0.15, 0.2) is 17.6 Å². The number of fused-ring (bicyclic) bond motifs is 1. The molecule has 0 unspecified atom stereocenters. The zero-order valence-electron chi connectivity index (χ0n) is 16.9. The predicted molar refractivity (Wildman–Crippen MR) is 109 cm³/mol. The quantitative estimate of drug-likeness (QED) is 0.751. The monoisotopic (exact) mass is 383 g/mol. The SMILES string of the molecule is COc1ccccc1OC[C@@H](C)NC(=O)[C@@H](C)Oc1cccc2c1CCCC2. The summed E-state index contributed by atoms with van der Waals surface area (Å²) in [6.45, 7) is 4.04. The van der Waals surface area contributed by atoms with Crippen LogP contribution in [-0.2, 0) is 17.6 Å². The normalized spacial score (nSPS) is 15.1. The number of aryl methyl sites for hydroxylation is 1. The Hall–Kier alpha value is -2.69. The van der Waals surface area contributed by atoms with Gasteiger partial charge in [-0.2, -0.15) is 0 Å². The lowest BCUT2D eigenvalue weighted by Crippen LogP contribution is -2.43. The number of methoxy groups -OCH3 is 1. The highest BCUT2D eigenvalue weighted by atomic mass is 16.5. The number of carbonyl (C=O) groups is 1. The minimum Gasteiger partial charge on any atom is -0.493 e. The van der Waals surface area contributed by atoms with Gasteiger partial charge in [-0.15, -0.1) is 0 Å². The van der Waals surface area contributed by atoms with Crippen molar-refractivity contribution < 1.29 is 19.0 Å². The maximum absolute atomic E-state index is 12.5. The third-order valence-corrected chi connectivity index (χ3v) is 4.97. The van der Waals surface area contributed by atoms with E-state index in [2.05, 4.69) is 11.4 Å². The molecule has 0 heterocycles. The Kier molecular flexibility index (Phi) is 6.80. The molecule has 28 heavy (non-hydrogen) atoms. The third kappa shape index (κ3) is 4.97. The second kappa shape index (κ2) is 9.49. The lowest BCUT2D eigenvalue weighted by molar-refractivity contribution is -0.128. The smallest absolute Gasteiger partial charge is 0.261 e. The van der Waals surface area contributed by atoms with Crippen LogP contribution >= 0.6 is 0 Å². The Morgan fingerprint density at radius 2 is 1.71 bits per heavy atom. The fourth-order valence-electron chi connectivity index (χ4n) is 3.46. The van der Waals surface area contributed by atoms with Gasteiger partial charge in [-0.05, 0) is 68.9 Å². The lowest BCUT2D eigenvalue weighted by Gasteiger charge is -2.23. The summed E-state index contributed by atoms with van der Waals surface area (Å²) in [6.07, 6.45) is 3.93. The van der Waals surface area contributed by atoms with Crippen LogP contribution in [0.1, 0.15) is 37.8 Å². The van der Waals surface area contributed by atoms with Gasteiger partial charge < -0.3 is 19.5 Å². The molecular weight excluding hydrogens is 354 g/mol. The maximum atomic E-state index is 12.5. The summed E-state index contributed by atoms with van der Waals surface area (Å²) in [5, 5.41) is 2.96. The van der Waals surface area contributed by atoms with E-state index in [0.29, 0.717) is 18.1 Å². The fourth-order valence-corrected chi connectivity index (χ4v) is 3.46. The minimum absolute atomic E-state index is 0.149. The number of ether oxygens (including phenoxy) is 3. The number of amides is 1. The second-order valence-corrected chi connectivity index (χ2v) is 7.23. The van der Waals surface area contributed by atoms with Crippen molar-refractivity contribution in [2.45, 2.75) is 51.7 Å². The molecule has 2 atom stereocenters. The number of hydrogen-bond donors (Lipinski definition) is 1. The van der Waals surface area contributed by atoms with Gasteiger partial charge in [-0.25, -0.2) is 0 Å². The van der Waals surface area contributed by atoms with Crippen molar-refractivity contribution in [1.29, 1.82) is 0 Å². The van der Waals surface area contributed by atoms with Crippen LogP contribution in [0.3, 0.4) is 0 Å². The molecular formula is C23H29NO4. The summed E-state index contributed by atoms with van der Waals surface area (Å²) in [4.78, 5) is 12.5. The number of hydrogen-bond acceptors (Lipinski definition) is 4. The van der Waals surface area contributed by atoms with Gasteiger partial charge in [0.1, 0.15) is 12.4 Å². The Morgan fingerprint density at radius 1 is 1.00 bits per heavy atom. The van der Waals surface area contributed by atoms with E-state index < -0.39 is 6.10 Å². The number of carbonyl (C=O) groups excluding carboxylic acids is 1. The second-order valence-electron chi connectivity index (χ2n) is 7.23. The van der Waals surface area contributed by atoms with Crippen molar-refractivity contribution in [2.75, 3.05) is 13.7 Å². The number of benzene rings is 2. The van der Waals surface area contributed by atoms with E-state index in [1.807, 2.05) is 43.3 Å². The Bertz CT molecular complexity index is 805. The third-order valence-electron chi connectivity index (χ3n) is 4.97. The molecule has 0 saturated carbocycles. The molecule has 0 radical (unpaired) electrons. The Balaban J connectivity index is 1.53. The van der Waals surface area contributed by atoms with Gasteiger partial charge >= 0.3 is 0 Å². The highest BCUT2D eigenvalue weighted by Crippen LogP contribution is 2.30. The molecule has 150 valence electrons. The van der Waals surface area contributed by atoms with Crippen molar-refractivity contribution in [3.05, 3.63) is 53.6 Å². The molecule has 2 aromatic rings. The number of nitrogens with one attached hydrogen (secondary N) is 1. The molecule has 1 amide bonds. The van der Waals surface area contributed by atoms with Crippen LogP contribution in [0, 0.1) is 0 Å². The Morgan fingerprint density at radius 3 is 2.50 bits per heavy atom. The summed E-state index contributed by atoms with van der Waals surface area (Å²) in [7, 11) is 1.61. The molecule has 0 fully saturated rings. The van der Waals surface area contributed by atoms with E-state index in [4.69, 9.17) is 14.2 Å². The van der Waals surface area contributed by atoms with Gasteiger partial charge in [-0.3, -0.25) is 4.79 Å². The standard InChI is InChI=1S/C23H29NO4/c1-16(15-27-22-13-7-6-12-21(22)26-3)24-23(25)17(2)28-20-14-8-10-18-9-4-5-11-19(18)20/h6-8,10,12-14,16-17H,4-5,9,11,15H2,1-3H3,(H,24,25)/t16-,17-/m1/s1. The molecule has 5 heteroatoms. The summed E-state index contributed by atoms with van der Waals surface area (Å²) >= 11 is 0. The van der Waals surface area contributed by atoms with Crippen LogP contribution in [0.25, 0.3) is 0 Å².